The van der Waals surface area contributed by atoms with Crippen molar-refractivity contribution in [2.75, 3.05) is 20.2 Å². The molecule has 1 saturated heterocycles. The van der Waals surface area contributed by atoms with Crippen LogP contribution < -0.4 is 15.4 Å². The van der Waals surface area contributed by atoms with Crippen LogP contribution in [0.3, 0.4) is 0 Å². The number of carbonyl (C=O) groups is 3. The predicted molar refractivity (Wildman–Crippen MR) is 128 cm³/mol. The minimum atomic E-state index is -0.636. The van der Waals surface area contributed by atoms with E-state index in [0.29, 0.717) is 42.8 Å². The summed E-state index contributed by atoms with van der Waals surface area (Å²) in [6.07, 6.45) is 3.24. The fourth-order valence-corrected chi connectivity index (χ4v) is 4.52. The van der Waals surface area contributed by atoms with E-state index in [1.54, 1.807) is 37.4 Å². The fourth-order valence-electron chi connectivity index (χ4n) is 4.12. The number of halogens is 1. The Hall–Kier alpha value is -2.87. The Balaban J connectivity index is 1.42. The van der Waals surface area contributed by atoms with E-state index in [0.717, 1.165) is 17.3 Å². The van der Waals surface area contributed by atoms with Gasteiger partial charge in [-0.3, -0.25) is 14.4 Å². The summed E-state index contributed by atoms with van der Waals surface area (Å²) in [5, 5.41) is 5.99. The van der Waals surface area contributed by atoms with Crippen LogP contribution in [0.25, 0.3) is 0 Å². The van der Waals surface area contributed by atoms with Crippen LogP contribution in [0.4, 0.5) is 0 Å². The Bertz CT molecular complexity index is 1010. The van der Waals surface area contributed by atoms with Crippen molar-refractivity contribution in [3.63, 3.8) is 0 Å². The lowest BCUT2D eigenvalue weighted by Gasteiger charge is -2.36. The van der Waals surface area contributed by atoms with Gasteiger partial charge in [-0.25, -0.2) is 0 Å². The van der Waals surface area contributed by atoms with E-state index in [1.165, 1.54) is 0 Å². The van der Waals surface area contributed by atoms with E-state index in [9.17, 15) is 14.4 Å². The van der Waals surface area contributed by atoms with Crippen LogP contribution in [0.2, 0.25) is 0 Å². The van der Waals surface area contributed by atoms with E-state index in [1.807, 2.05) is 23.1 Å². The molecule has 174 valence electrons. The summed E-state index contributed by atoms with van der Waals surface area (Å²) in [5.74, 6) is 0.169. The molecular formula is C25H28BrN3O4. The second-order valence-electron chi connectivity index (χ2n) is 8.60. The van der Waals surface area contributed by atoms with Crippen molar-refractivity contribution < 1.29 is 19.1 Å². The highest BCUT2D eigenvalue weighted by molar-refractivity contribution is 9.10. The zero-order chi connectivity index (χ0) is 23.4. The number of benzene rings is 2. The predicted octanol–water partition coefficient (Wildman–Crippen LogP) is 3.39. The third kappa shape index (κ3) is 5.93. The quantitative estimate of drug-likeness (QED) is 0.593. The van der Waals surface area contributed by atoms with Gasteiger partial charge in [-0.05, 0) is 74.1 Å². The van der Waals surface area contributed by atoms with Gasteiger partial charge in [0.1, 0.15) is 11.8 Å². The number of nitrogens with zero attached hydrogens (tertiary/aromatic N) is 1. The molecule has 7 nitrogen and oxygen atoms in total. The Morgan fingerprint density at radius 2 is 1.70 bits per heavy atom. The maximum atomic E-state index is 13.0. The SMILES string of the molecule is COc1ccc(C(=O)N[C@H](C(=O)NC2CC2)C2CCN(C(=O)c3cccc(Br)c3)CC2)cc1. The molecule has 0 unspecified atom stereocenters. The molecule has 8 heteroatoms. The molecule has 1 atom stereocenters. The van der Waals surface area contributed by atoms with Gasteiger partial charge in [0.05, 0.1) is 7.11 Å². The minimum absolute atomic E-state index is 0.0176. The molecule has 1 aliphatic carbocycles. The molecule has 2 aromatic rings. The van der Waals surface area contributed by atoms with Crippen molar-refractivity contribution >= 4 is 33.7 Å². The highest BCUT2D eigenvalue weighted by Gasteiger charge is 2.36. The van der Waals surface area contributed by atoms with E-state index in [4.69, 9.17) is 4.74 Å². The fraction of sp³-hybridized carbons (Fsp3) is 0.400. The number of hydrogen-bond acceptors (Lipinski definition) is 4. The molecule has 2 fully saturated rings. The Morgan fingerprint density at radius 3 is 2.30 bits per heavy atom. The molecule has 3 amide bonds. The summed E-state index contributed by atoms with van der Waals surface area (Å²) in [6, 6.07) is 13.7. The average Bonchev–Trinajstić information content (AvgIpc) is 3.66. The van der Waals surface area contributed by atoms with Crippen LogP contribution in [0.15, 0.2) is 53.0 Å². The zero-order valence-corrected chi connectivity index (χ0v) is 20.1. The summed E-state index contributed by atoms with van der Waals surface area (Å²) < 4.78 is 6.01. The number of rotatable bonds is 7. The molecule has 2 aliphatic rings. The molecule has 2 aromatic carbocycles. The number of amides is 3. The molecule has 33 heavy (non-hydrogen) atoms. The molecule has 1 heterocycles. The monoisotopic (exact) mass is 513 g/mol. The Kier molecular flexibility index (Phi) is 7.33. The number of ether oxygens (including phenoxy) is 1. The number of hydrogen-bond donors (Lipinski definition) is 2. The second-order valence-corrected chi connectivity index (χ2v) is 9.52. The van der Waals surface area contributed by atoms with Gasteiger partial charge in [0, 0.05) is 34.7 Å². The van der Waals surface area contributed by atoms with E-state index >= 15 is 0 Å². The number of carbonyl (C=O) groups excluding carboxylic acids is 3. The largest absolute Gasteiger partial charge is 0.497 e. The number of piperidine rings is 1. The third-order valence-electron chi connectivity index (χ3n) is 6.21. The molecule has 1 saturated carbocycles. The number of methoxy groups -OCH3 is 1. The van der Waals surface area contributed by atoms with E-state index < -0.39 is 6.04 Å². The van der Waals surface area contributed by atoms with Crippen LogP contribution in [0, 0.1) is 5.92 Å². The Labute approximate surface area is 202 Å². The molecule has 0 spiro atoms. The van der Waals surface area contributed by atoms with Crippen molar-refractivity contribution in [2.24, 2.45) is 5.92 Å². The van der Waals surface area contributed by atoms with Gasteiger partial charge < -0.3 is 20.3 Å². The van der Waals surface area contributed by atoms with Crippen LogP contribution in [0.5, 0.6) is 5.75 Å². The van der Waals surface area contributed by atoms with Gasteiger partial charge in [-0.15, -0.1) is 0 Å². The second kappa shape index (κ2) is 10.4. The van der Waals surface area contributed by atoms with Crippen molar-refractivity contribution in [1.82, 2.24) is 15.5 Å². The summed E-state index contributed by atoms with van der Waals surface area (Å²) in [6.45, 7) is 1.09. The molecule has 0 bridgehead atoms. The van der Waals surface area contributed by atoms with Crippen molar-refractivity contribution in [1.29, 1.82) is 0 Å². The van der Waals surface area contributed by atoms with Gasteiger partial charge >= 0.3 is 0 Å². The highest BCUT2D eigenvalue weighted by Crippen LogP contribution is 2.25. The summed E-state index contributed by atoms with van der Waals surface area (Å²) in [4.78, 5) is 40.6. The first-order chi connectivity index (χ1) is 15.9. The molecule has 1 aliphatic heterocycles. The smallest absolute Gasteiger partial charge is 0.253 e. The molecule has 0 radical (unpaired) electrons. The number of nitrogens with one attached hydrogen (secondary N) is 2. The van der Waals surface area contributed by atoms with Gasteiger partial charge in [-0.2, -0.15) is 0 Å². The molecule has 4 rings (SSSR count). The average molecular weight is 514 g/mol. The summed E-state index contributed by atoms with van der Waals surface area (Å²) >= 11 is 3.41. The first kappa shape index (κ1) is 23.3. The van der Waals surface area contributed by atoms with Crippen LogP contribution in [-0.4, -0.2) is 54.9 Å². The van der Waals surface area contributed by atoms with Gasteiger partial charge in [-0.1, -0.05) is 22.0 Å². The molecule has 2 N–H and O–H groups in total. The van der Waals surface area contributed by atoms with E-state index in [-0.39, 0.29) is 29.7 Å². The van der Waals surface area contributed by atoms with Gasteiger partial charge in [0.15, 0.2) is 0 Å². The standard InChI is InChI=1S/C25H28BrN3O4/c1-33-21-9-5-17(6-10-21)23(30)28-22(24(31)27-20-7-8-20)16-11-13-29(14-12-16)25(32)18-3-2-4-19(26)15-18/h2-6,9-10,15-16,20,22H,7-8,11-14H2,1H3,(H,27,31)(H,28,30)/t22-/m0/s1. The van der Waals surface area contributed by atoms with Crippen LogP contribution >= 0.6 is 15.9 Å². The van der Waals surface area contributed by atoms with Crippen LogP contribution in [-0.2, 0) is 4.79 Å². The zero-order valence-electron chi connectivity index (χ0n) is 18.6. The Morgan fingerprint density at radius 1 is 1.00 bits per heavy atom. The maximum absolute atomic E-state index is 13.0. The maximum Gasteiger partial charge on any atom is 0.253 e. The summed E-state index contributed by atoms with van der Waals surface area (Å²) in [5.41, 5.74) is 1.11. The van der Waals surface area contributed by atoms with Crippen molar-refractivity contribution in [2.45, 2.75) is 37.8 Å². The number of likely N-dealkylation sites (tertiary alicyclic amines) is 1. The third-order valence-corrected chi connectivity index (χ3v) is 6.71. The first-order valence-corrected chi connectivity index (χ1v) is 12.0. The lowest BCUT2D eigenvalue weighted by molar-refractivity contribution is -0.124. The lowest BCUT2D eigenvalue weighted by Crippen LogP contribution is -2.54. The van der Waals surface area contributed by atoms with Gasteiger partial charge in [0.2, 0.25) is 5.91 Å². The first-order valence-electron chi connectivity index (χ1n) is 11.2. The van der Waals surface area contributed by atoms with Crippen LogP contribution in [0.1, 0.15) is 46.4 Å². The van der Waals surface area contributed by atoms with E-state index in [2.05, 4.69) is 26.6 Å². The highest BCUT2D eigenvalue weighted by atomic mass is 79.9. The normalized spacial score (nSPS) is 17.2. The summed E-state index contributed by atoms with van der Waals surface area (Å²) in [7, 11) is 1.57. The lowest BCUT2D eigenvalue weighted by atomic mass is 9.88. The molecule has 0 aromatic heterocycles. The van der Waals surface area contributed by atoms with Crippen molar-refractivity contribution in [3.8, 4) is 5.75 Å². The minimum Gasteiger partial charge on any atom is -0.497 e. The topological polar surface area (TPSA) is 87.7 Å². The van der Waals surface area contributed by atoms with Crippen molar-refractivity contribution in [3.05, 3.63) is 64.1 Å². The van der Waals surface area contributed by atoms with Gasteiger partial charge in [0.25, 0.3) is 11.8 Å². The molecular weight excluding hydrogens is 486 g/mol.